The van der Waals surface area contributed by atoms with Crippen LogP contribution in [-0.2, 0) is 13.5 Å². The average molecular weight is 355 g/mol. The minimum Gasteiger partial charge on any atom is -0.497 e. The first kappa shape index (κ1) is 18.2. The van der Waals surface area contributed by atoms with Crippen molar-refractivity contribution in [3.8, 4) is 5.75 Å². The van der Waals surface area contributed by atoms with Crippen molar-refractivity contribution >= 4 is 5.91 Å². The van der Waals surface area contributed by atoms with Gasteiger partial charge in [0, 0.05) is 26.2 Å². The lowest BCUT2D eigenvalue weighted by Gasteiger charge is -2.32. The molecule has 1 atom stereocenters. The van der Waals surface area contributed by atoms with Crippen molar-refractivity contribution in [1.29, 1.82) is 0 Å². The van der Waals surface area contributed by atoms with E-state index < -0.39 is 0 Å². The lowest BCUT2D eigenvalue weighted by atomic mass is 9.91. The van der Waals surface area contributed by atoms with E-state index in [2.05, 4.69) is 17.2 Å². The van der Waals surface area contributed by atoms with Gasteiger partial charge in [-0.2, -0.15) is 5.10 Å². The second-order valence-corrected chi connectivity index (χ2v) is 6.83. The topological polar surface area (TPSA) is 64.4 Å². The standard InChI is InChI=1S/C20H25N3O3/c1-22-19(24)11-10-18(21-22)20(25)23-12-4-6-16(14-23)9-8-15-5-3-7-17(13-15)26-2/h3,5,7,10-11,13,16H,4,6,8-9,12,14H2,1-2H3/t16-/m0/s1. The quantitative estimate of drug-likeness (QED) is 0.825. The fraction of sp³-hybridized carbons (Fsp3) is 0.450. The number of methoxy groups -OCH3 is 1. The maximum absolute atomic E-state index is 12.7. The second-order valence-electron chi connectivity index (χ2n) is 6.83. The zero-order chi connectivity index (χ0) is 18.5. The molecule has 0 saturated carbocycles. The molecule has 0 spiro atoms. The van der Waals surface area contributed by atoms with E-state index in [0.717, 1.165) is 44.5 Å². The van der Waals surface area contributed by atoms with Gasteiger partial charge in [0.25, 0.3) is 11.5 Å². The first-order valence-electron chi connectivity index (χ1n) is 9.03. The Morgan fingerprint density at radius 3 is 2.92 bits per heavy atom. The Bertz CT molecular complexity index is 831. The Morgan fingerprint density at radius 2 is 2.15 bits per heavy atom. The SMILES string of the molecule is COc1cccc(CC[C@@H]2CCCN(C(=O)c3ccc(=O)n(C)n3)C2)c1. The van der Waals surface area contributed by atoms with Crippen LogP contribution in [0.4, 0.5) is 0 Å². The van der Waals surface area contributed by atoms with E-state index >= 15 is 0 Å². The number of benzene rings is 1. The number of amides is 1. The summed E-state index contributed by atoms with van der Waals surface area (Å²) >= 11 is 0. The third-order valence-electron chi connectivity index (χ3n) is 4.96. The molecule has 0 radical (unpaired) electrons. The maximum atomic E-state index is 12.7. The highest BCUT2D eigenvalue weighted by Gasteiger charge is 2.25. The number of hydrogen-bond acceptors (Lipinski definition) is 4. The van der Waals surface area contributed by atoms with Gasteiger partial charge < -0.3 is 9.64 Å². The van der Waals surface area contributed by atoms with Crippen LogP contribution in [0.3, 0.4) is 0 Å². The van der Waals surface area contributed by atoms with Gasteiger partial charge in [0.15, 0.2) is 0 Å². The zero-order valence-electron chi connectivity index (χ0n) is 15.4. The van der Waals surface area contributed by atoms with Crippen molar-refractivity contribution in [2.24, 2.45) is 13.0 Å². The summed E-state index contributed by atoms with van der Waals surface area (Å²) in [7, 11) is 3.24. The third-order valence-corrected chi connectivity index (χ3v) is 4.96. The minimum atomic E-state index is -0.212. The molecule has 3 rings (SSSR count). The number of ether oxygens (including phenoxy) is 1. The van der Waals surface area contributed by atoms with Crippen LogP contribution in [0.25, 0.3) is 0 Å². The van der Waals surface area contributed by atoms with E-state index in [0.29, 0.717) is 11.6 Å². The molecule has 1 amide bonds. The van der Waals surface area contributed by atoms with Crippen LogP contribution >= 0.6 is 0 Å². The molecule has 2 aromatic rings. The van der Waals surface area contributed by atoms with Crippen molar-refractivity contribution < 1.29 is 9.53 Å². The summed E-state index contributed by atoms with van der Waals surface area (Å²) in [6, 6.07) is 11.1. The van der Waals surface area contributed by atoms with Gasteiger partial charge >= 0.3 is 0 Å². The molecule has 1 fully saturated rings. The Morgan fingerprint density at radius 1 is 1.31 bits per heavy atom. The first-order valence-corrected chi connectivity index (χ1v) is 9.03. The molecule has 0 bridgehead atoms. The van der Waals surface area contributed by atoms with Gasteiger partial charge in [-0.3, -0.25) is 9.59 Å². The van der Waals surface area contributed by atoms with Gasteiger partial charge in [-0.15, -0.1) is 0 Å². The summed E-state index contributed by atoms with van der Waals surface area (Å²) < 4.78 is 6.48. The van der Waals surface area contributed by atoms with Crippen molar-refractivity contribution in [1.82, 2.24) is 14.7 Å². The lowest BCUT2D eigenvalue weighted by Crippen LogP contribution is -2.41. The smallest absolute Gasteiger partial charge is 0.274 e. The van der Waals surface area contributed by atoms with Crippen molar-refractivity contribution in [2.75, 3.05) is 20.2 Å². The van der Waals surface area contributed by atoms with Crippen LogP contribution in [0.1, 0.15) is 35.3 Å². The molecular formula is C20H25N3O3. The van der Waals surface area contributed by atoms with Crippen LogP contribution in [-0.4, -0.2) is 40.8 Å². The summed E-state index contributed by atoms with van der Waals surface area (Å²) in [5, 5.41) is 4.08. The molecule has 1 aliphatic heterocycles. The van der Waals surface area contributed by atoms with Gasteiger partial charge in [0.1, 0.15) is 11.4 Å². The predicted molar refractivity (Wildman–Crippen MR) is 99.4 cm³/mol. The molecule has 1 aromatic heterocycles. The molecular weight excluding hydrogens is 330 g/mol. The van der Waals surface area contributed by atoms with Crippen LogP contribution < -0.4 is 10.3 Å². The Kier molecular flexibility index (Phi) is 5.71. The normalized spacial score (nSPS) is 17.2. The summed E-state index contributed by atoms with van der Waals surface area (Å²) in [6.07, 6.45) is 4.15. The van der Waals surface area contributed by atoms with E-state index in [1.165, 1.54) is 22.4 Å². The van der Waals surface area contributed by atoms with Gasteiger partial charge in [0.05, 0.1) is 7.11 Å². The lowest BCUT2D eigenvalue weighted by molar-refractivity contribution is 0.0660. The summed E-state index contributed by atoms with van der Waals surface area (Å²) in [5.74, 6) is 1.27. The number of nitrogens with zero attached hydrogens (tertiary/aromatic N) is 3. The molecule has 26 heavy (non-hydrogen) atoms. The van der Waals surface area contributed by atoms with Crippen molar-refractivity contribution in [2.45, 2.75) is 25.7 Å². The number of piperidine rings is 1. The highest BCUT2D eigenvalue weighted by atomic mass is 16.5. The Hall–Kier alpha value is -2.63. The highest BCUT2D eigenvalue weighted by Crippen LogP contribution is 2.23. The highest BCUT2D eigenvalue weighted by molar-refractivity contribution is 5.92. The summed E-state index contributed by atoms with van der Waals surface area (Å²) in [6.45, 7) is 1.49. The monoisotopic (exact) mass is 355 g/mol. The zero-order valence-corrected chi connectivity index (χ0v) is 15.4. The van der Waals surface area contributed by atoms with E-state index in [4.69, 9.17) is 4.74 Å². The second kappa shape index (κ2) is 8.17. The number of likely N-dealkylation sites (tertiary alicyclic amines) is 1. The molecule has 6 nitrogen and oxygen atoms in total. The fourth-order valence-corrected chi connectivity index (χ4v) is 3.46. The van der Waals surface area contributed by atoms with Crippen LogP contribution in [0.2, 0.25) is 0 Å². The number of aryl methyl sites for hydroxylation is 2. The molecule has 0 unspecified atom stereocenters. The molecule has 0 aliphatic carbocycles. The van der Waals surface area contributed by atoms with Gasteiger partial charge in [-0.1, -0.05) is 12.1 Å². The van der Waals surface area contributed by atoms with E-state index in [1.807, 2.05) is 17.0 Å². The van der Waals surface area contributed by atoms with Gasteiger partial charge in [0.2, 0.25) is 0 Å². The predicted octanol–water partition coefficient (Wildman–Crippen LogP) is 2.27. The summed E-state index contributed by atoms with van der Waals surface area (Å²) in [5.41, 5.74) is 1.38. The van der Waals surface area contributed by atoms with Gasteiger partial charge in [-0.25, -0.2) is 4.68 Å². The largest absolute Gasteiger partial charge is 0.497 e. The fourth-order valence-electron chi connectivity index (χ4n) is 3.46. The number of rotatable bonds is 5. The molecule has 2 heterocycles. The molecule has 1 saturated heterocycles. The number of aromatic nitrogens is 2. The minimum absolute atomic E-state index is 0.0910. The molecule has 1 aliphatic rings. The number of carbonyl (C=O) groups excluding carboxylic acids is 1. The van der Waals surface area contributed by atoms with E-state index in [-0.39, 0.29) is 11.5 Å². The van der Waals surface area contributed by atoms with Crippen LogP contribution in [0.15, 0.2) is 41.2 Å². The molecule has 6 heteroatoms. The average Bonchev–Trinajstić information content (AvgIpc) is 2.68. The van der Waals surface area contributed by atoms with E-state index in [1.54, 1.807) is 14.2 Å². The van der Waals surface area contributed by atoms with Crippen molar-refractivity contribution in [3.63, 3.8) is 0 Å². The van der Waals surface area contributed by atoms with Gasteiger partial charge in [-0.05, 0) is 55.4 Å². The third kappa shape index (κ3) is 4.31. The maximum Gasteiger partial charge on any atom is 0.274 e. The first-order chi connectivity index (χ1) is 12.6. The Balaban J connectivity index is 1.60. The van der Waals surface area contributed by atoms with Crippen LogP contribution in [0, 0.1) is 5.92 Å². The van der Waals surface area contributed by atoms with Crippen LogP contribution in [0.5, 0.6) is 5.75 Å². The molecule has 0 N–H and O–H groups in total. The number of carbonyl (C=O) groups is 1. The van der Waals surface area contributed by atoms with E-state index in [9.17, 15) is 9.59 Å². The molecule has 138 valence electrons. The summed E-state index contributed by atoms with van der Waals surface area (Å²) in [4.78, 5) is 26.0. The molecule has 1 aromatic carbocycles. The Labute approximate surface area is 153 Å². The number of hydrogen-bond donors (Lipinski definition) is 0. The van der Waals surface area contributed by atoms with Crippen molar-refractivity contribution in [3.05, 3.63) is 58.0 Å².